The highest BCUT2D eigenvalue weighted by atomic mass is 32.2. The lowest BCUT2D eigenvalue weighted by atomic mass is 9.99. The van der Waals surface area contributed by atoms with E-state index in [1.165, 1.54) is 16.7 Å². The molecule has 2 fully saturated rings. The molecular weight excluding hydrogens is 232 g/mol. The number of fused-ring (bicyclic) bond motifs is 1. The second-order valence-electron chi connectivity index (χ2n) is 3.61. The normalized spacial score (nSPS) is 32.8. The van der Waals surface area contributed by atoms with Crippen molar-refractivity contribution in [3.05, 3.63) is 12.2 Å². The molecule has 16 heavy (non-hydrogen) atoms. The number of rotatable bonds is 3. The van der Waals surface area contributed by atoms with Gasteiger partial charge in [0.2, 0.25) is 12.3 Å². The summed E-state index contributed by atoms with van der Waals surface area (Å²) >= 11 is 1.41. The number of nitrogens with zero attached hydrogens (tertiary/aromatic N) is 1. The van der Waals surface area contributed by atoms with Crippen LogP contribution >= 0.6 is 11.8 Å². The third kappa shape index (κ3) is 1.39. The van der Waals surface area contributed by atoms with Crippen molar-refractivity contribution in [3.8, 4) is 0 Å². The topological polar surface area (TPSA) is 86.7 Å². The van der Waals surface area contributed by atoms with Crippen LogP contribution in [0.4, 0.5) is 0 Å². The van der Waals surface area contributed by atoms with Crippen LogP contribution in [-0.2, 0) is 14.4 Å². The number of carbonyl (C=O) groups is 3. The van der Waals surface area contributed by atoms with Gasteiger partial charge in [-0.05, 0) is 5.57 Å². The Labute approximate surface area is 95.7 Å². The van der Waals surface area contributed by atoms with Gasteiger partial charge in [-0.2, -0.15) is 0 Å². The summed E-state index contributed by atoms with van der Waals surface area (Å²) in [5.41, 5.74) is 0.506. The Bertz CT molecular complexity index is 384. The van der Waals surface area contributed by atoms with Crippen LogP contribution in [-0.4, -0.2) is 51.5 Å². The molecule has 2 N–H and O–H groups in total. The monoisotopic (exact) mass is 242 g/mol. The molecule has 2 unspecified atom stereocenters. The van der Waals surface area contributed by atoms with Crippen LogP contribution in [0.15, 0.2) is 12.2 Å². The molecule has 6 nitrogen and oxygen atoms in total. The molecule has 0 aliphatic carbocycles. The number of aliphatic carboxylic acids is 1. The van der Waals surface area contributed by atoms with E-state index in [1.54, 1.807) is 0 Å². The lowest BCUT2D eigenvalue weighted by molar-refractivity contribution is -0.159. The number of β-lactam (4-membered cyclic amide) rings is 1. The quantitative estimate of drug-likeness (QED) is 0.377. The van der Waals surface area contributed by atoms with Crippen LogP contribution in [0.25, 0.3) is 0 Å². The van der Waals surface area contributed by atoms with Crippen LogP contribution in [0.5, 0.6) is 0 Å². The lowest BCUT2D eigenvalue weighted by Crippen LogP contribution is -2.73. The van der Waals surface area contributed by atoms with Gasteiger partial charge in [0.1, 0.15) is 11.4 Å². The molecule has 0 aromatic carbocycles. The molecule has 0 bridgehead atoms. The SMILES string of the molecule is C=C1CS[C@H]2C(NC=O)C(=O)N2C1C(=O)O. The van der Waals surface area contributed by atoms with Gasteiger partial charge in [-0.25, -0.2) is 4.79 Å². The van der Waals surface area contributed by atoms with Crippen LogP contribution < -0.4 is 5.32 Å². The number of hydrogen-bond acceptors (Lipinski definition) is 4. The predicted octanol–water partition coefficient (Wildman–Crippen LogP) is -0.975. The van der Waals surface area contributed by atoms with Crippen molar-refractivity contribution in [2.24, 2.45) is 0 Å². The first kappa shape index (κ1) is 11.0. The van der Waals surface area contributed by atoms with Gasteiger partial charge in [0.05, 0.1) is 0 Å². The van der Waals surface area contributed by atoms with Crippen LogP contribution in [0.3, 0.4) is 0 Å². The lowest BCUT2D eigenvalue weighted by Gasteiger charge is -2.52. The predicted molar refractivity (Wildman–Crippen MR) is 56.6 cm³/mol. The summed E-state index contributed by atoms with van der Waals surface area (Å²) in [4.78, 5) is 34.2. The van der Waals surface area contributed by atoms with Crippen LogP contribution in [0, 0.1) is 0 Å². The first-order valence-electron chi connectivity index (χ1n) is 4.62. The minimum absolute atomic E-state index is 0.288. The molecule has 2 rings (SSSR count). The van der Waals surface area contributed by atoms with E-state index >= 15 is 0 Å². The first-order valence-corrected chi connectivity index (χ1v) is 5.66. The minimum atomic E-state index is -1.08. The van der Waals surface area contributed by atoms with E-state index in [0.717, 1.165) is 0 Å². The number of carboxylic acid groups (broad SMARTS) is 1. The Hall–Kier alpha value is -1.50. The maximum absolute atomic E-state index is 11.6. The van der Waals surface area contributed by atoms with Crippen molar-refractivity contribution in [2.45, 2.75) is 17.5 Å². The molecule has 0 radical (unpaired) electrons. The van der Waals surface area contributed by atoms with E-state index in [0.29, 0.717) is 17.7 Å². The fourth-order valence-corrected chi connectivity index (χ4v) is 3.24. The maximum Gasteiger partial charge on any atom is 0.330 e. The van der Waals surface area contributed by atoms with Crippen LogP contribution in [0.2, 0.25) is 0 Å². The zero-order valence-corrected chi connectivity index (χ0v) is 9.07. The Balaban J connectivity index is 2.19. The Morgan fingerprint density at radius 1 is 1.69 bits per heavy atom. The Kier molecular flexibility index (Phi) is 2.63. The van der Waals surface area contributed by atoms with E-state index in [2.05, 4.69) is 11.9 Å². The number of carboxylic acids is 1. The smallest absolute Gasteiger partial charge is 0.330 e. The van der Waals surface area contributed by atoms with E-state index < -0.39 is 18.1 Å². The molecular formula is C9H10N2O4S. The second-order valence-corrected chi connectivity index (χ2v) is 4.71. The van der Waals surface area contributed by atoms with Gasteiger partial charge in [-0.1, -0.05) is 6.58 Å². The Morgan fingerprint density at radius 3 is 2.94 bits per heavy atom. The van der Waals surface area contributed by atoms with E-state index in [4.69, 9.17) is 5.11 Å². The van der Waals surface area contributed by atoms with Gasteiger partial charge in [0.25, 0.3) is 0 Å². The fraction of sp³-hybridized carbons (Fsp3) is 0.444. The van der Waals surface area contributed by atoms with Crippen LogP contribution in [0.1, 0.15) is 0 Å². The molecule has 3 atom stereocenters. The minimum Gasteiger partial charge on any atom is -0.479 e. The zero-order valence-electron chi connectivity index (χ0n) is 8.25. The van der Waals surface area contributed by atoms with Gasteiger partial charge >= 0.3 is 5.97 Å². The van der Waals surface area contributed by atoms with Gasteiger partial charge in [-0.15, -0.1) is 11.8 Å². The van der Waals surface area contributed by atoms with Crippen molar-refractivity contribution in [1.82, 2.24) is 10.2 Å². The Morgan fingerprint density at radius 2 is 2.38 bits per heavy atom. The summed E-state index contributed by atoms with van der Waals surface area (Å²) in [7, 11) is 0. The largest absolute Gasteiger partial charge is 0.479 e. The van der Waals surface area contributed by atoms with Gasteiger partial charge in [0.15, 0.2) is 6.04 Å². The summed E-state index contributed by atoms with van der Waals surface area (Å²) in [6.07, 6.45) is 0.458. The third-order valence-corrected chi connectivity index (χ3v) is 4.04. The molecule has 0 aromatic heterocycles. The summed E-state index contributed by atoms with van der Waals surface area (Å²) in [5.74, 6) is -0.950. The van der Waals surface area contributed by atoms with Gasteiger partial charge in [0, 0.05) is 5.75 Å². The molecule has 2 aliphatic heterocycles. The number of carbonyl (C=O) groups excluding carboxylic acids is 2. The number of nitrogens with one attached hydrogen (secondary N) is 1. The molecule has 2 amide bonds. The average molecular weight is 242 g/mol. The summed E-state index contributed by atoms with van der Waals surface area (Å²) in [5, 5.41) is 11.1. The molecule has 2 aliphatic rings. The highest BCUT2D eigenvalue weighted by Crippen LogP contribution is 2.39. The zero-order chi connectivity index (χ0) is 11.9. The average Bonchev–Trinajstić information content (AvgIpc) is 2.25. The fourth-order valence-electron chi connectivity index (χ4n) is 1.93. The first-order chi connectivity index (χ1) is 7.57. The van der Waals surface area contributed by atoms with E-state index in [-0.39, 0.29) is 11.3 Å². The second kappa shape index (κ2) is 3.82. The van der Waals surface area contributed by atoms with Crippen molar-refractivity contribution >= 4 is 30.0 Å². The number of hydrogen-bond donors (Lipinski definition) is 2. The molecule has 7 heteroatoms. The van der Waals surface area contributed by atoms with Crippen molar-refractivity contribution < 1.29 is 19.5 Å². The molecule has 2 saturated heterocycles. The number of thioether (sulfide) groups is 1. The summed E-state index contributed by atoms with van der Waals surface area (Å²) in [6.45, 7) is 3.66. The third-order valence-electron chi connectivity index (χ3n) is 2.67. The van der Waals surface area contributed by atoms with Crippen molar-refractivity contribution in [1.29, 1.82) is 0 Å². The number of amides is 2. The molecule has 0 aromatic rings. The summed E-state index contributed by atoms with van der Waals surface area (Å²) < 4.78 is 0. The van der Waals surface area contributed by atoms with Gasteiger partial charge in [-0.3, -0.25) is 9.59 Å². The molecule has 86 valence electrons. The molecule has 2 heterocycles. The standard InChI is InChI=1S/C9H10N2O4S/c1-4-2-16-8-5(10-3-12)7(13)11(8)6(4)9(14)15/h3,5-6,8H,1-2H2,(H,10,12)(H,14,15)/t5?,6?,8-/m0/s1. The van der Waals surface area contributed by atoms with Crippen molar-refractivity contribution in [3.63, 3.8) is 0 Å². The highest BCUT2D eigenvalue weighted by molar-refractivity contribution is 8.00. The maximum atomic E-state index is 11.6. The van der Waals surface area contributed by atoms with E-state index in [9.17, 15) is 14.4 Å². The molecule has 0 spiro atoms. The summed E-state index contributed by atoms with van der Waals surface area (Å²) in [6, 6.07) is -1.55. The van der Waals surface area contributed by atoms with Crippen molar-refractivity contribution in [2.75, 3.05) is 5.75 Å². The van der Waals surface area contributed by atoms with Gasteiger partial charge < -0.3 is 15.3 Å². The highest BCUT2D eigenvalue weighted by Gasteiger charge is 2.55. The molecule has 0 saturated carbocycles. The van der Waals surface area contributed by atoms with E-state index in [1.807, 2.05) is 0 Å².